The third-order valence-electron chi connectivity index (χ3n) is 3.76. The molecule has 0 heterocycles. The van der Waals surface area contributed by atoms with Crippen molar-refractivity contribution in [3.8, 4) is 5.75 Å². The monoisotopic (exact) mass is 276 g/mol. The van der Waals surface area contributed by atoms with E-state index >= 15 is 0 Å². The smallest absolute Gasteiger partial charge is 0.260 e. The van der Waals surface area contributed by atoms with Gasteiger partial charge in [0, 0.05) is 24.2 Å². The molecule has 2 N–H and O–H groups in total. The average Bonchev–Trinajstić information content (AvgIpc) is 3.30. The fraction of sp³-hybridized carbons (Fsp3) is 0.562. The number of nitrogens with two attached hydrogens (primary N) is 1. The number of carbonyl (C=O) groups excluding carboxylic acids is 1. The summed E-state index contributed by atoms with van der Waals surface area (Å²) >= 11 is 0. The molecule has 0 spiro atoms. The molecule has 0 aromatic heterocycles. The zero-order chi connectivity index (χ0) is 14.5. The first-order valence-electron chi connectivity index (χ1n) is 7.44. The van der Waals surface area contributed by atoms with E-state index in [2.05, 4.69) is 0 Å². The van der Waals surface area contributed by atoms with Crippen molar-refractivity contribution in [2.75, 3.05) is 13.2 Å². The molecule has 2 rings (SSSR count). The Morgan fingerprint density at radius 2 is 2.10 bits per heavy atom. The van der Waals surface area contributed by atoms with Gasteiger partial charge < -0.3 is 15.4 Å². The molecule has 1 fully saturated rings. The van der Waals surface area contributed by atoms with E-state index in [4.69, 9.17) is 10.5 Å². The number of nitrogens with zero attached hydrogens (tertiary/aromatic N) is 1. The SMILES string of the molecule is CC[C@@H](N)c1ccccc1OCC(=O)N(CC)C1CC1. The molecule has 4 nitrogen and oxygen atoms in total. The molecule has 0 unspecified atom stereocenters. The first-order chi connectivity index (χ1) is 9.67. The molecule has 0 radical (unpaired) electrons. The van der Waals surface area contributed by atoms with Gasteiger partial charge in [-0.3, -0.25) is 4.79 Å². The molecule has 1 aromatic rings. The van der Waals surface area contributed by atoms with E-state index in [1.807, 2.05) is 43.0 Å². The summed E-state index contributed by atoms with van der Waals surface area (Å²) in [5, 5.41) is 0. The van der Waals surface area contributed by atoms with E-state index in [0.29, 0.717) is 6.04 Å². The highest BCUT2D eigenvalue weighted by molar-refractivity contribution is 5.78. The highest BCUT2D eigenvalue weighted by atomic mass is 16.5. The van der Waals surface area contributed by atoms with Crippen molar-refractivity contribution in [2.45, 2.75) is 45.2 Å². The van der Waals surface area contributed by atoms with Crippen LogP contribution in [0.1, 0.15) is 44.7 Å². The van der Waals surface area contributed by atoms with E-state index in [1.165, 1.54) is 0 Å². The number of benzene rings is 1. The van der Waals surface area contributed by atoms with Gasteiger partial charge in [-0.2, -0.15) is 0 Å². The minimum absolute atomic E-state index is 0.0491. The van der Waals surface area contributed by atoms with Crippen LogP contribution in [0.4, 0.5) is 0 Å². The normalized spacial score (nSPS) is 15.8. The zero-order valence-electron chi connectivity index (χ0n) is 12.3. The summed E-state index contributed by atoms with van der Waals surface area (Å²) < 4.78 is 5.71. The molecule has 110 valence electrons. The maximum atomic E-state index is 12.1. The molecule has 0 saturated heterocycles. The van der Waals surface area contributed by atoms with Gasteiger partial charge in [0.15, 0.2) is 6.61 Å². The van der Waals surface area contributed by atoms with Crippen LogP contribution >= 0.6 is 0 Å². The van der Waals surface area contributed by atoms with Crippen LogP contribution in [0.5, 0.6) is 5.75 Å². The molecule has 1 aliphatic carbocycles. The molecule has 1 aromatic carbocycles. The fourth-order valence-electron chi connectivity index (χ4n) is 2.39. The maximum absolute atomic E-state index is 12.1. The first-order valence-corrected chi connectivity index (χ1v) is 7.44. The highest BCUT2D eigenvalue weighted by Crippen LogP contribution is 2.28. The predicted octanol–water partition coefficient (Wildman–Crippen LogP) is 2.49. The lowest BCUT2D eigenvalue weighted by Crippen LogP contribution is -2.36. The van der Waals surface area contributed by atoms with Crippen LogP contribution in [0.25, 0.3) is 0 Å². The molecule has 1 atom stereocenters. The molecule has 0 bridgehead atoms. The lowest BCUT2D eigenvalue weighted by molar-refractivity contribution is -0.133. The van der Waals surface area contributed by atoms with Crippen molar-refractivity contribution >= 4 is 5.91 Å². The minimum Gasteiger partial charge on any atom is -0.483 e. The van der Waals surface area contributed by atoms with Crippen molar-refractivity contribution in [1.29, 1.82) is 0 Å². The lowest BCUT2D eigenvalue weighted by atomic mass is 10.0. The number of ether oxygens (including phenoxy) is 1. The summed E-state index contributed by atoms with van der Waals surface area (Å²) in [4.78, 5) is 14.1. The molecule has 0 aliphatic heterocycles. The van der Waals surface area contributed by atoms with E-state index in [9.17, 15) is 4.79 Å². The van der Waals surface area contributed by atoms with Crippen molar-refractivity contribution < 1.29 is 9.53 Å². The van der Waals surface area contributed by atoms with Crippen LogP contribution in [0, 0.1) is 0 Å². The fourth-order valence-corrected chi connectivity index (χ4v) is 2.39. The van der Waals surface area contributed by atoms with Gasteiger partial charge in [-0.15, -0.1) is 0 Å². The van der Waals surface area contributed by atoms with Crippen molar-refractivity contribution in [1.82, 2.24) is 4.90 Å². The summed E-state index contributed by atoms with van der Waals surface area (Å²) in [5.74, 6) is 0.789. The van der Waals surface area contributed by atoms with Gasteiger partial charge in [-0.25, -0.2) is 0 Å². The summed E-state index contributed by atoms with van der Waals surface area (Å²) in [6.07, 6.45) is 3.09. The summed E-state index contributed by atoms with van der Waals surface area (Å²) in [7, 11) is 0. The van der Waals surface area contributed by atoms with Crippen molar-refractivity contribution in [2.24, 2.45) is 5.73 Å². The Hall–Kier alpha value is -1.55. The Labute approximate surface area is 120 Å². The standard InChI is InChI=1S/C16H24N2O2/c1-3-14(17)13-7-5-6-8-15(13)20-11-16(19)18(4-2)12-9-10-12/h5-8,12,14H,3-4,9-11,17H2,1-2H3/t14-/m1/s1. The largest absolute Gasteiger partial charge is 0.483 e. The summed E-state index contributed by atoms with van der Waals surface area (Å²) in [6.45, 7) is 4.90. The third-order valence-corrected chi connectivity index (χ3v) is 3.76. The second-order valence-corrected chi connectivity index (χ2v) is 5.25. The lowest BCUT2D eigenvalue weighted by Gasteiger charge is -2.21. The topological polar surface area (TPSA) is 55.6 Å². The molecular weight excluding hydrogens is 252 g/mol. The van der Waals surface area contributed by atoms with Crippen LogP contribution in [0.2, 0.25) is 0 Å². The van der Waals surface area contributed by atoms with E-state index < -0.39 is 0 Å². The van der Waals surface area contributed by atoms with E-state index in [-0.39, 0.29) is 18.6 Å². The van der Waals surface area contributed by atoms with E-state index in [1.54, 1.807) is 0 Å². The number of likely N-dealkylation sites (N-methyl/N-ethyl adjacent to an activating group) is 1. The Morgan fingerprint density at radius 3 is 2.70 bits per heavy atom. The Balaban J connectivity index is 1.98. The summed E-state index contributed by atoms with van der Waals surface area (Å²) in [6, 6.07) is 8.08. The van der Waals surface area contributed by atoms with Crippen molar-refractivity contribution in [3.63, 3.8) is 0 Å². The second kappa shape index (κ2) is 6.75. The Bertz CT molecular complexity index is 458. The van der Waals surface area contributed by atoms with Gasteiger partial charge in [0.1, 0.15) is 5.75 Å². The van der Waals surface area contributed by atoms with E-state index in [0.717, 1.165) is 37.1 Å². The Morgan fingerprint density at radius 1 is 1.40 bits per heavy atom. The minimum atomic E-state index is -0.0491. The third kappa shape index (κ3) is 3.51. The van der Waals surface area contributed by atoms with Crippen LogP contribution < -0.4 is 10.5 Å². The number of amides is 1. The second-order valence-electron chi connectivity index (χ2n) is 5.25. The Kier molecular flexibility index (Phi) is 5.01. The maximum Gasteiger partial charge on any atom is 0.260 e. The zero-order valence-corrected chi connectivity index (χ0v) is 12.3. The van der Waals surface area contributed by atoms with Gasteiger partial charge in [0.25, 0.3) is 5.91 Å². The molecule has 4 heteroatoms. The molecule has 1 aliphatic rings. The number of carbonyl (C=O) groups is 1. The van der Waals surface area contributed by atoms with Gasteiger partial charge in [-0.1, -0.05) is 25.1 Å². The number of hydrogen-bond acceptors (Lipinski definition) is 3. The van der Waals surface area contributed by atoms with Crippen molar-refractivity contribution in [3.05, 3.63) is 29.8 Å². The highest BCUT2D eigenvalue weighted by Gasteiger charge is 2.31. The van der Waals surface area contributed by atoms with Gasteiger partial charge in [0.2, 0.25) is 0 Å². The van der Waals surface area contributed by atoms with Crippen LogP contribution in [-0.2, 0) is 4.79 Å². The first kappa shape index (κ1) is 14.9. The van der Waals surface area contributed by atoms with Gasteiger partial charge in [0.05, 0.1) is 0 Å². The van der Waals surface area contributed by atoms with Crippen LogP contribution in [-0.4, -0.2) is 30.0 Å². The molecule has 20 heavy (non-hydrogen) atoms. The van der Waals surface area contributed by atoms with Crippen LogP contribution in [0.15, 0.2) is 24.3 Å². The summed E-state index contributed by atoms with van der Waals surface area (Å²) in [5.41, 5.74) is 7.04. The molecule has 1 amide bonds. The number of rotatable bonds is 7. The van der Waals surface area contributed by atoms with Gasteiger partial charge in [-0.05, 0) is 32.3 Å². The number of para-hydroxylation sites is 1. The van der Waals surface area contributed by atoms with Crippen LogP contribution in [0.3, 0.4) is 0 Å². The quantitative estimate of drug-likeness (QED) is 0.832. The molecular formula is C16H24N2O2. The van der Waals surface area contributed by atoms with Gasteiger partial charge >= 0.3 is 0 Å². The number of hydrogen-bond donors (Lipinski definition) is 1. The predicted molar refractivity (Wildman–Crippen MR) is 79.6 cm³/mol. The molecule has 1 saturated carbocycles. The average molecular weight is 276 g/mol.